The molecule has 0 aliphatic rings. The van der Waals surface area contributed by atoms with Gasteiger partial charge in [0, 0.05) is 30.2 Å². The van der Waals surface area contributed by atoms with Crippen molar-refractivity contribution >= 4 is 47.4 Å². The van der Waals surface area contributed by atoms with Gasteiger partial charge in [0.05, 0.1) is 0 Å². The third kappa shape index (κ3) is 1.57. The van der Waals surface area contributed by atoms with Crippen LogP contribution in [0.25, 0.3) is 20.2 Å². The Balaban J connectivity index is 2.54. The molecule has 0 saturated heterocycles. The zero-order valence-corrected chi connectivity index (χ0v) is 11.9. The molecule has 17 heavy (non-hydrogen) atoms. The predicted molar refractivity (Wildman–Crippen MR) is 78.2 cm³/mol. The van der Waals surface area contributed by atoms with E-state index in [0.717, 1.165) is 10.0 Å². The van der Waals surface area contributed by atoms with Crippen LogP contribution in [-0.4, -0.2) is 5.11 Å². The van der Waals surface area contributed by atoms with Gasteiger partial charge < -0.3 is 5.11 Å². The van der Waals surface area contributed by atoms with Gasteiger partial charge in [-0.3, -0.25) is 0 Å². The molecule has 0 spiro atoms. The third-order valence-electron chi connectivity index (χ3n) is 3.14. The summed E-state index contributed by atoms with van der Waals surface area (Å²) in [4.78, 5) is 0. The molecule has 1 N–H and O–H groups in total. The lowest BCUT2D eigenvalue weighted by atomic mass is 10.1. The van der Waals surface area contributed by atoms with Gasteiger partial charge in [0.2, 0.25) is 0 Å². The van der Waals surface area contributed by atoms with Crippen molar-refractivity contribution in [3.63, 3.8) is 0 Å². The summed E-state index contributed by atoms with van der Waals surface area (Å²) in [6.45, 7) is 4.06. The van der Waals surface area contributed by atoms with Crippen LogP contribution in [0.1, 0.15) is 11.1 Å². The minimum absolute atomic E-state index is 0.375. The summed E-state index contributed by atoms with van der Waals surface area (Å²) in [5.41, 5.74) is 2.21. The Bertz CT molecular complexity index is 743. The number of fused-ring (bicyclic) bond motifs is 3. The molecule has 1 nitrogen and oxygen atoms in total. The van der Waals surface area contributed by atoms with E-state index in [9.17, 15) is 5.11 Å². The molecule has 0 radical (unpaired) electrons. The van der Waals surface area contributed by atoms with E-state index in [1.807, 2.05) is 13.0 Å². The molecule has 0 amide bonds. The fourth-order valence-corrected chi connectivity index (χ4v) is 3.81. The summed E-state index contributed by atoms with van der Waals surface area (Å²) in [5.74, 6) is 0.375. The van der Waals surface area contributed by atoms with Gasteiger partial charge in [0.25, 0.3) is 0 Å². The zero-order chi connectivity index (χ0) is 12.2. The van der Waals surface area contributed by atoms with E-state index in [4.69, 9.17) is 0 Å². The number of thiophene rings is 1. The number of halogens is 1. The predicted octanol–water partition coefficient (Wildman–Crippen LogP) is 5.14. The second-order valence-corrected chi connectivity index (χ2v) is 6.19. The highest BCUT2D eigenvalue weighted by Crippen LogP contribution is 2.40. The first kappa shape index (κ1) is 11.1. The van der Waals surface area contributed by atoms with E-state index in [1.54, 1.807) is 17.4 Å². The molecule has 1 heterocycles. The molecule has 0 unspecified atom stereocenters. The molecule has 3 rings (SSSR count). The third-order valence-corrected chi connectivity index (χ3v) is 5.28. The molecule has 1 aromatic heterocycles. The number of aromatic hydroxyl groups is 1. The molecule has 0 aliphatic carbocycles. The first-order valence-electron chi connectivity index (χ1n) is 5.39. The fourth-order valence-electron chi connectivity index (χ4n) is 2.09. The van der Waals surface area contributed by atoms with Crippen molar-refractivity contribution in [3.8, 4) is 5.75 Å². The van der Waals surface area contributed by atoms with Gasteiger partial charge in [0.1, 0.15) is 5.75 Å². The topological polar surface area (TPSA) is 20.2 Å². The van der Waals surface area contributed by atoms with E-state index < -0.39 is 0 Å². The Labute approximate surface area is 112 Å². The second-order valence-electron chi connectivity index (χ2n) is 4.29. The number of hydrogen-bond donors (Lipinski definition) is 1. The van der Waals surface area contributed by atoms with Crippen molar-refractivity contribution in [3.05, 3.63) is 39.9 Å². The monoisotopic (exact) mass is 306 g/mol. The summed E-state index contributed by atoms with van der Waals surface area (Å²) in [5, 5.41) is 12.3. The van der Waals surface area contributed by atoms with Crippen molar-refractivity contribution in [1.82, 2.24) is 0 Å². The van der Waals surface area contributed by atoms with Crippen molar-refractivity contribution < 1.29 is 5.11 Å². The van der Waals surface area contributed by atoms with Gasteiger partial charge in [-0.2, -0.15) is 0 Å². The molecule has 86 valence electrons. The molecule has 3 aromatic rings. The standard InChI is InChI=1S/C14H11BrOS/c1-7-5-10-9-3-4-12(16)8(2)14(9)17-13(10)6-11(7)15/h3-6,16H,1-2H3. The van der Waals surface area contributed by atoms with Crippen LogP contribution in [0.4, 0.5) is 0 Å². The number of phenols is 1. The molecule has 0 atom stereocenters. The minimum Gasteiger partial charge on any atom is -0.508 e. The highest BCUT2D eigenvalue weighted by molar-refractivity contribution is 9.10. The quantitative estimate of drug-likeness (QED) is 0.610. The fraction of sp³-hybridized carbons (Fsp3) is 0.143. The van der Waals surface area contributed by atoms with Crippen LogP contribution in [0.15, 0.2) is 28.7 Å². The molecule has 3 heteroatoms. The Morgan fingerprint density at radius 3 is 2.65 bits per heavy atom. The minimum atomic E-state index is 0.375. The van der Waals surface area contributed by atoms with Crippen molar-refractivity contribution in [1.29, 1.82) is 0 Å². The lowest BCUT2D eigenvalue weighted by Crippen LogP contribution is -1.76. The molecular weight excluding hydrogens is 296 g/mol. The Kier molecular flexibility index (Phi) is 2.42. The van der Waals surface area contributed by atoms with Crippen LogP contribution >= 0.6 is 27.3 Å². The molecular formula is C14H11BrOS. The SMILES string of the molecule is Cc1cc2c(cc1Br)sc1c(C)c(O)ccc12. The van der Waals surface area contributed by atoms with Crippen LogP contribution in [0.5, 0.6) is 5.75 Å². The first-order valence-corrected chi connectivity index (χ1v) is 7.00. The lowest BCUT2D eigenvalue weighted by Gasteiger charge is -2.00. The van der Waals surface area contributed by atoms with Gasteiger partial charge in [-0.1, -0.05) is 15.9 Å². The van der Waals surface area contributed by atoms with E-state index in [1.165, 1.54) is 25.7 Å². The van der Waals surface area contributed by atoms with Gasteiger partial charge in [-0.15, -0.1) is 11.3 Å². The van der Waals surface area contributed by atoms with Crippen molar-refractivity contribution in [2.45, 2.75) is 13.8 Å². The number of aryl methyl sites for hydroxylation is 2. The summed E-state index contributed by atoms with van der Waals surface area (Å²) in [6.07, 6.45) is 0. The van der Waals surface area contributed by atoms with Crippen molar-refractivity contribution in [2.75, 3.05) is 0 Å². The summed E-state index contributed by atoms with van der Waals surface area (Å²) in [7, 11) is 0. The highest BCUT2D eigenvalue weighted by Gasteiger charge is 2.10. The first-order chi connectivity index (χ1) is 8.08. The number of rotatable bonds is 0. The van der Waals surface area contributed by atoms with E-state index >= 15 is 0 Å². The maximum absolute atomic E-state index is 9.75. The Hall–Kier alpha value is -1.06. The molecule has 0 fully saturated rings. The summed E-state index contributed by atoms with van der Waals surface area (Å²) >= 11 is 5.30. The number of hydrogen-bond acceptors (Lipinski definition) is 2. The molecule has 0 aliphatic heterocycles. The molecule has 0 bridgehead atoms. The van der Waals surface area contributed by atoms with Crippen LogP contribution in [0, 0.1) is 13.8 Å². The highest BCUT2D eigenvalue weighted by atomic mass is 79.9. The largest absolute Gasteiger partial charge is 0.508 e. The molecule has 2 aromatic carbocycles. The van der Waals surface area contributed by atoms with Gasteiger partial charge in [-0.25, -0.2) is 0 Å². The smallest absolute Gasteiger partial charge is 0.119 e. The Morgan fingerprint density at radius 2 is 1.88 bits per heavy atom. The van der Waals surface area contributed by atoms with Crippen LogP contribution in [-0.2, 0) is 0 Å². The van der Waals surface area contributed by atoms with Crippen LogP contribution in [0.2, 0.25) is 0 Å². The van der Waals surface area contributed by atoms with E-state index in [-0.39, 0.29) is 0 Å². The lowest BCUT2D eigenvalue weighted by molar-refractivity contribution is 0.472. The second kappa shape index (κ2) is 3.72. The van der Waals surface area contributed by atoms with Crippen molar-refractivity contribution in [2.24, 2.45) is 0 Å². The average Bonchev–Trinajstić information content (AvgIpc) is 2.63. The zero-order valence-electron chi connectivity index (χ0n) is 9.54. The summed E-state index contributed by atoms with van der Waals surface area (Å²) in [6, 6.07) is 8.14. The van der Waals surface area contributed by atoms with Gasteiger partial charge in [0.15, 0.2) is 0 Å². The summed E-state index contributed by atoms with van der Waals surface area (Å²) < 4.78 is 3.57. The van der Waals surface area contributed by atoms with Gasteiger partial charge in [-0.05, 0) is 43.7 Å². The maximum atomic E-state index is 9.75. The van der Waals surface area contributed by atoms with Crippen LogP contribution < -0.4 is 0 Å². The normalized spacial score (nSPS) is 11.5. The molecule has 0 saturated carbocycles. The Morgan fingerprint density at radius 1 is 1.12 bits per heavy atom. The maximum Gasteiger partial charge on any atom is 0.119 e. The van der Waals surface area contributed by atoms with Crippen LogP contribution in [0.3, 0.4) is 0 Å². The van der Waals surface area contributed by atoms with E-state index in [2.05, 4.69) is 35.0 Å². The number of benzene rings is 2. The average molecular weight is 307 g/mol. The van der Waals surface area contributed by atoms with E-state index in [0.29, 0.717) is 5.75 Å². The van der Waals surface area contributed by atoms with Gasteiger partial charge >= 0.3 is 0 Å². The number of phenolic OH excluding ortho intramolecular Hbond substituents is 1.